The molecule has 0 rings (SSSR count). The quantitative estimate of drug-likeness (QED) is 0.528. The maximum Gasteiger partial charge on any atom is 0.211 e. The zero-order valence-corrected chi connectivity index (χ0v) is 13.7. The molecule has 0 atom stereocenters. The van der Waals surface area contributed by atoms with Crippen molar-refractivity contribution in [1.82, 2.24) is 14.9 Å². The maximum atomic E-state index is 11.7. The zero-order chi connectivity index (χ0) is 14.7. The number of unbranched alkanes of at least 4 members (excludes halogenated alkanes) is 2. The fraction of sp³-hybridized carbons (Fsp3) is 1.00. The molecule has 0 heterocycles. The minimum absolute atomic E-state index is 0.237. The van der Waals surface area contributed by atoms with Crippen molar-refractivity contribution in [2.45, 2.75) is 45.6 Å². The van der Waals surface area contributed by atoms with Gasteiger partial charge in [-0.05, 0) is 66.7 Å². The van der Waals surface area contributed by atoms with E-state index in [1.54, 1.807) is 0 Å². The van der Waals surface area contributed by atoms with E-state index in [4.69, 9.17) is 0 Å². The fourth-order valence-electron chi connectivity index (χ4n) is 1.64. The third-order valence-corrected chi connectivity index (χ3v) is 4.70. The summed E-state index contributed by atoms with van der Waals surface area (Å²) in [6, 6.07) is 0.545. The number of rotatable bonds is 12. The molecule has 0 aliphatic carbocycles. The Bertz CT molecular complexity index is 305. The highest BCUT2D eigenvalue weighted by molar-refractivity contribution is 7.89. The predicted molar refractivity (Wildman–Crippen MR) is 82.0 cm³/mol. The Kier molecular flexibility index (Phi) is 10.5. The standard InChI is InChI=1S/C13H31N3O2S/c1-13(2)16(4)11-7-5-10-15-19(17,18)12-8-6-9-14-3/h13-15H,5-12H2,1-4H3. The van der Waals surface area contributed by atoms with Crippen LogP contribution in [-0.2, 0) is 10.0 Å². The Morgan fingerprint density at radius 1 is 1.05 bits per heavy atom. The Hall–Kier alpha value is -0.170. The molecule has 0 fully saturated rings. The van der Waals surface area contributed by atoms with Gasteiger partial charge in [0.05, 0.1) is 5.75 Å². The summed E-state index contributed by atoms with van der Waals surface area (Å²) in [5.41, 5.74) is 0. The lowest BCUT2D eigenvalue weighted by Gasteiger charge is -2.20. The van der Waals surface area contributed by atoms with Crippen LogP contribution in [0, 0.1) is 0 Å². The Balaban J connectivity index is 3.58. The van der Waals surface area contributed by atoms with Crippen molar-refractivity contribution in [3.63, 3.8) is 0 Å². The largest absolute Gasteiger partial charge is 0.320 e. The molecular formula is C13H31N3O2S. The second-order valence-corrected chi connectivity index (χ2v) is 7.23. The summed E-state index contributed by atoms with van der Waals surface area (Å²) in [6.45, 7) is 6.76. The normalized spacial score (nSPS) is 12.5. The van der Waals surface area contributed by atoms with Gasteiger partial charge in [-0.25, -0.2) is 13.1 Å². The van der Waals surface area contributed by atoms with Gasteiger partial charge < -0.3 is 10.2 Å². The summed E-state index contributed by atoms with van der Waals surface area (Å²) < 4.78 is 26.0. The first-order valence-electron chi connectivity index (χ1n) is 7.21. The summed E-state index contributed by atoms with van der Waals surface area (Å²) in [5, 5.41) is 3.01. The van der Waals surface area contributed by atoms with Gasteiger partial charge in [0.2, 0.25) is 10.0 Å². The van der Waals surface area contributed by atoms with E-state index in [1.165, 1.54) is 0 Å². The van der Waals surface area contributed by atoms with Gasteiger partial charge in [0.1, 0.15) is 0 Å². The summed E-state index contributed by atoms with van der Waals surface area (Å²) >= 11 is 0. The highest BCUT2D eigenvalue weighted by Crippen LogP contribution is 1.98. The van der Waals surface area contributed by atoms with Crippen molar-refractivity contribution in [2.24, 2.45) is 0 Å². The van der Waals surface area contributed by atoms with Crippen LogP contribution in [-0.4, -0.2) is 58.8 Å². The van der Waals surface area contributed by atoms with Gasteiger partial charge in [-0.1, -0.05) is 0 Å². The molecule has 0 bridgehead atoms. The highest BCUT2D eigenvalue weighted by Gasteiger charge is 2.08. The predicted octanol–water partition coefficient (Wildman–Crippen LogP) is 1.03. The molecule has 19 heavy (non-hydrogen) atoms. The van der Waals surface area contributed by atoms with Gasteiger partial charge in [0, 0.05) is 12.6 Å². The Morgan fingerprint density at radius 2 is 1.68 bits per heavy atom. The molecular weight excluding hydrogens is 262 g/mol. The molecule has 0 saturated carbocycles. The van der Waals surface area contributed by atoms with Crippen LogP contribution >= 0.6 is 0 Å². The van der Waals surface area contributed by atoms with E-state index >= 15 is 0 Å². The monoisotopic (exact) mass is 293 g/mol. The third kappa shape index (κ3) is 11.4. The fourth-order valence-corrected chi connectivity index (χ4v) is 2.82. The second-order valence-electron chi connectivity index (χ2n) is 5.31. The molecule has 0 spiro atoms. The van der Waals surface area contributed by atoms with Gasteiger partial charge >= 0.3 is 0 Å². The molecule has 0 saturated heterocycles. The van der Waals surface area contributed by atoms with Crippen molar-refractivity contribution < 1.29 is 8.42 Å². The van der Waals surface area contributed by atoms with E-state index in [9.17, 15) is 8.42 Å². The summed E-state index contributed by atoms with van der Waals surface area (Å²) in [4.78, 5) is 2.27. The van der Waals surface area contributed by atoms with Gasteiger partial charge in [-0.15, -0.1) is 0 Å². The van der Waals surface area contributed by atoms with E-state index < -0.39 is 10.0 Å². The van der Waals surface area contributed by atoms with Crippen LogP contribution in [0.25, 0.3) is 0 Å². The van der Waals surface area contributed by atoms with E-state index in [2.05, 4.69) is 35.8 Å². The third-order valence-electron chi connectivity index (χ3n) is 3.23. The first-order chi connectivity index (χ1) is 8.89. The summed E-state index contributed by atoms with van der Waals surface area (Å²) in [6.07, 6.45) is 3.53. The number of hydrogen-bond acceptors (Lipinski definition) is 4. The van der Waals surface area contributed by atoms with Crippen molar-refractivity contribution in [3.05, 3.63) is 0 Å². The average molecular weight is 293 g/mol. The van der Waals surface area contributed by atoms with Crippen molar-refractivity contribution in [1.29, 1.82) is 0 Å². The number of sulfonamides is 1. The van der Waals surface area contributed by atoms with Crippen molar-refractivity contribution in [3.8, 4) is 0 Å². The lowest BCUT2D eigenvalue weighted by Crippen LogP contribution is -2.30. The van der Waals surface area contributed by atoms with Gasteiger partial charge in [0.15, 0.2) is 0 Å². The zero-order valence-electron chi connectivity index (χ0n) is 12.9. The van der Waals surface area contributed by atoms with Gasteiger partial charge in [0.25, 0.3) is 0 Å². The van der Waals surface area contributed by atoms with Crippen molar-refractivity contribution >= 4 is 10.0 Å². The lowest BCUT2D eigenvalue weighted by atomic mass is 10.2. The van der Waals surface area contributed by atoms with Crippen LogP contribution in [0.1, 0.15) is 39.5 Å². The molecule has 116 valence electrons. The molecule has 0 unspecified atom stereocenters. The van der Waals surface area contributed by atoms with Crippen LogP contribution in [0.15, 0.2) is 0 Å². The highest BCUT2D eigenvalue weighted by atomic mass is 32.2. The average Bonchev–Trinajstić information content (AvgIpc) is 2.33. The summed E-state index contributed by atoms with van der Waals surface area (Å²) in [7, 11) is 0.899. The number of hydrogen-bond donors (Lipinski definition) is 2. The molecule has 0 radical (unpaired) electrons. The van der Waals surface area contributed by atoms with E-state index in [1.807, 2.05) is 7.05 Å². The molecule has 0 aromatic heterocycles. The molecule has 0 aliphatic rings. The van der Waals surface area contributed by atoms with Crippen LogP contribution in [0.4, 0.5) is 0 Å². The van der Waals surface area contributed by atoms with Crippen LogP contribution < -0.4 is 10.0 Å². The minimum atomic E-state index is -3.07. The van der Waals surface area contributed by atoms with Crippen LogP contribution in [0.3, 0.4) is 0 Å². The first-order valence-corrected chi connectivity index (χ1v) is 8.86. The molecule has 5 nitrogen and oxygen atoms in total. The first kappa shape index (κ1) is 18.8. The molecule has 0 aliphatic heterocycles. The van der Waals surface area contributed by atoms with Crippen LogP contribution in [0.2, 0.25) is 0 Å². The Labute approximate surface area is 119 Å². The van der Waals surface area contributed by atoms with Gasteiger partial charge in [-0.3, -0.25) is 0 Å². The lowest BCUT2D eigenvalue weighted by molar-refractivity contribution is 0.268. The topological polar surface area (TPSA) is 61.4 Å². The number of nitrogens with one attached hydrogen (secondary N) is 2. The second kappa shape index (κ2) is 10.6. The Morgan fingerprint density at radius 3 is 2.26 bits per heavy atom. The van der Waals surface area contributed by atoms with Crippen molar-refractivity contribution in [2.75, 3.05) is 39.5 Å². The molecule has 2 N–H and O–H groups in total. The smallest absolute Gasteiger partial charge is 0.211 e. The maximum absolute atomic E-state index is 11.7. The van der Waals surface area contributed by atoms with E-state index in [0.29, 0.717) is 19.0 Å². The number of nitrogens with zero attached hydrogens (tertiary/aromatic N) is 1. The SMILES string of the molecule is CNCCCCS(=O)(=O)NCCCCN(C)C(C)C. The van der Waals surface area contributed by atoms with E-state index in [0.717, 1.165) is 32.4 Å². The molecule has 0 aromatic rings. The molecule has 0 amide bonds. The van der Waals surface area contributed by atoms with Crippen LogP contribution in [0.5, 0.6) is 0 Å². The molecule has 6 heteroatoms. The van der Waals surface area contributed by atoms with Gasteiger partial charge in [-0.2, -0.15) is 0 Å². The molecule has 0 aromatic carbocycles. The minimum Gasteiger partial charge on any atom is -0.320 e. The summed E-state index contributed by atoms with van der Waals surface area (Å²) in [5.74, 6) is 0.237. The van der Waals surface area contributed by atoms with E-state index in [-0.39, 0.29) is 5.75 Å².